The Balaban J connectivity index is 2.50. The maximum Gasteiger partial charge on any atom is 0.307 e. The Labute approximate surface area is 96.0 Å². The average Bonchev–Trinajstić information content (AvgIpc) is 2.15. The van der Waals surface area contributed by atoms with E-state index < -0.39 is 23.9 Å². The molecule has 5 heteroatoms. The summed E-state index contributed by atoms with van der Waals surface area (Å²) in [6.07, 6.45) is 0.442. The lowest BCUT2D eigenvalue weighted by Gasteiger charge is -2.36. The van der Waals surface area contributed by atoms with E-state index in [0.717, 1.165) is 6.42 Å². The first-order valence-electron chi connectivity index (χ1n) is 5.62. The first-order chi connectivity index (χ1) is 7.29. The molecular weight excluding hydrogens is 210 g/mol. The Morgan fingerprint density at radius 1 is 1.50 bits per heavy atom. The molecule has 1 aliphatic rings. The maximum absolute atomic E-state index is 10.9. The third-order valence-corrected chi connectivity index (χ3v) is 2.57. The number of aliphatic carboxylic acids is 1. The minimum absolute atomic E-state index is 0.354. The van der Waals surface area contributed by atoms with Crippen molar-refractivity contribution in [2.24, 2.45) is 5.92 Å². The van der Waals surface area contributed by atoms with Gasteiger partial charge in [0.25, 0.3) is 0 Å². The van der Waals surface area contributed by atoms with Crippen molar-refractivity contribution in [3.05, 3.63) is 0 Å². The van der Waals surface area contributed by atoms with Crippen molar-refractivity contribution in [3.8, 4) is 0 Å². The Morgan fingerprint density at radius 2 is 2.12 bits per heavy atom. The summed E-state index contributed by atoms with van der Waals surface area (Å²) in [4.78, 5) is 12.5. The fraction of sp³-hybridized carbons (Fsp3) is 0.909. The predicted molar refractivity (Wildman–Crippen MR) is 58.8 cm³/mol. The van der Waals surface area contributed by atoms with Crippen LogP contribution in [-0.4, -0.2) is 46.2 Å². The van der Waals surface area contributed by atoms with Crippen LogP contribution in [0.3, 0.4) is 0 Å². The summed E-state index contributed by atoms with van der Waals surface area (Å²) in [6.45, 7) is 6.60. The topological polar surface area (TPSA) is 70.0 Å². The fourth-order valence-corrected chi connectivity index (χ4v) is 1.80. The predicted octanol–water partition coefficient (Wildman–Crippen LogP) is 0.874. The monoisotopic (exact) mass is 231 g/mol. The molecule has 0 spiro atoms. The number of rotatable bonds is 3. The zero-order valence-corrected chi connectivity index (χ0v) is 10.1. The Morgan fingerprint density at radius 3 is 2.62 bits per heavy atom. The highest BCUT2D eigenvalue weighted by atomic mass is 16.6. The van der Waals surface area contributed by atoms with E-state index in [4.69, 9.17) is 9.84 Å². The van der Waals surface area contributed by atoms with E-state index in [1.807, 2.05) is 20.8 Å². The van der Waals surface area contributed by atoms with Crippen LogP contribution >= 0.6 is 0 Å². The number of carboxylic acid groups (broad SMARTS) is 1. The van der Waals surface area contributed by atoms with Gasteiger partial charge in [0.15, 0.2) is 0 Å². The fourth-order valence-electron chi connectivity index (χ4n) is 1.80. The smallest absolute Gasteiger partial charge is 0.307 e. The van der Waals surface area contributed by atoms with Crippen LogP contribution in [0.25, 0.3) is 0 Å². The lowest BCUT2D eigenvalue weighted by molar-refractivity contribution is -0.244. The molecule has 0 radical (unpaired) electrons. The van der Waals surface area contributed by atoms with Gasteiger partial charge < -0.3 is 14.9 Å². The van der Waals surface area contributed by atoms with Gasteiger partial charge in [-0.05, 0) is 33.6 Å². The van der Waals surface area contributed by atoms with Crippen LogP contribution in [0.5, 0.6) is 0 Å². The molecule has 5 nitrogen and oxygen atoms in total. The summed E-state index contributed by atoms with van der Waals surface area (Å²) in [5.41, 5.74) is -0.435. The van der Waals surface area contributed by atoms with Gasteiger partial charge in [-0.1, -0.05) is 0 Å². The second kappa shape index (κ2) is 5.12. The van der Waals surface area contributed by atoms with Crippen molar-refractivity contribution >= 4 is 5.97 Å². The van der Waals surface area contributed by atoms with Gasteiger partial charge in [0, 0.05) is 13.1 Å². The normalized spacial score (nSPS) is 25.4. The van der Waals surface area contributed by atoms with Crippen LogP contribution in [0.2, 0.25) is 0 Å². The van der Waals surface area contributed by atoms with Crippen molar-refractivity contribution in [2.45, 2.75) is 45.6 Å². The van der Waals surface area contributed by atoms with Gasteiger partial charge in [0.05, 0.1) is 11.5 Å². The number of aliphatic hydroxyl groups excluding tert-OH is 1. The van der Waals surface area contributed by atoms with Crippen molar-refractivity contribution in [1.82, 2.24) is 4.90 Å². The van der Waals surface area contributed by atoms with Gasteiger partial charge in [-0.2, -0.15) is 0 Å². The van der Waals surface area contributed by atoms with Gasteiger partial charge in [-0.15, -0.1) is 0 Å². The lowest BCUT2D eigenvalue weighted by atomic mass is 9.99. The number of hydrogen-bond donors (Lipinski definition) is 2. The molecule has 0 aliphatic carbocycles. The maximum atomic E-state index is 10.9. The van der Waals surface area contributed by atoms with Crippen molar-refractivity contribution in [2.75, 3.05) is 13.1 Å². The molecule has 0 bridgehead atoms. The summed E-state index contributed by atoms with van der Waals surface area (Å²) in [5.74, 6) is -1.19. The molecule has 2 unspecified atom stereocenters. The van der Waals surface area contributed by atoms with E-state index in [1.54, 1.807) is 4.90 Å². The summed E-state index contributed by atoms with van der Waals surface area (Å²) in [6, 6.07) is 0. The minimum Gasteiger partial charge on any atom is -0.481 e. The first kappa shape index (κ1) is 13.4. The number of hydrogen-bond acceptors (Lipinski definition) is 4. The standard InChI is InChI=1S/C11H21NO4/c1-11(2,3)16-10(15)12-6-4-5-8(7-12)9(13)14/h8,10,15H,4-7H2,1-3H3,(H,13,14). The van der Waals surface area contributed by atoms with Crippen LogP contribution in [0, 0.1) is 5.92 Å². The Hall–Kier alpha value is -0.650. The minimum atomic E-state index is -1.01. The molecule has 1 aliphatic heterocycles. The summed E-state index contributed by atoms with van der Waals surface area (Å²) >= 11 is 0. The van der Waals surface area contributed by atoms with Crippen LogP contribution < -0.4 is 0 Å². The van der Waals surface area contributed by atoms with Gasteiger partial charge in [0.2, 0.25) is 6.41 Å². The zero-order valence-electron chi connectivity index (χ0n) is 10.1. The van der Waals surface area contributed by atoms with E-state index in [1.165, 1.54) is 0 Å². The van der Waals surface area contributed by atoms with Crippen LogP contribution in [0.15, 0.2) is 0 Å². The molecule has 2 atom stereocenters. The van der Waals surface area contributed by atoms with E-state index in [0.29, 0.717) is 19.5 Å². The van der Waals surface area contributed by atoms with Gasteiger partial charge >= 0.3 is 5.97 Å². The zero-order chi connectivity index (χ0) is 12.3. The molecule has 1 fully saturated rings. The third kappa shape index (κ3) is 4.08. The molecule has 0 aromatic heterocycles. The van der Waals surface area contributed by atoms with Gasteiger partial charge in [-0.25, -0.2) is 0 Å². The number of nitrogens with zero attached hydrogens (tertiary/aromatic N) is 1. The highest BCUT2D eigenvalue weighted by molar-refractivity contribution is 5.70. The van der Waals surface area contributed by atoms with E-state index >= 15 is 0 Å². The molecule has 0 amide bonds. The largest absolute Gasteiger partial charge is 0.481 e. The number of likely N-dealkylation sites (tertiary alicyclic amines) is 1. The van der Waals surface area contributed by atoms with Crippen LogP contribution in [0.4, 0.5) is 0 Å². The van der Waals surface area contributed by atoms with Gasteiger partial charge in [0.1, 0.15) is 0 Å². The molecule has 0 aromatic carbocycles. The highest BCUT2D eigenvalue weighted by Crippen LogP contribution is 2.20. The number of carboxylic acids is 1. The number of piperidine rings is 1. The Kier molecular flexibility index (Phi) is 4.29. The van der Waals surface area contributed by atoms with Crippen molar-refractivity contribution in [1.29, 1.82) is 0 Å². The molecule has 2 N–H and O–H groups in total. The summed E-state index contributed by atoms with van der Waals surface area (Å²) in [7, 11) is 0. The van der Waals surface area contributed by atoms with Gasteiger partial charge in [-0.3, -0.25) is 9.69 Å². The molecule has 1 rings (SSSR count). The summed E-state index contributed by atoms with van der Waals surface area (Å²) < 4.78 is 5.39. The van der Waals surface area contributed by atoms with E-state index in [9.17, 15) is 9.90 Å². The second-order valence-corrected chi connectivity index (χ2v) is 5.23. The van der Waals surface area contributed by atoms with E-state index in [-0.39, 0.29) is 0 Å². The summed E-state index contributed by atoms with van der Waals surface area (Å²) in [5, 5.41) is 18.7. The van der Waals surface area contributed by atoms with Crippen molar-refractivity contribution < 1.29 is 19.7 Å². The molecule has 94 valence electrons. The van der Waals surface area contributed by atoms with Crippen LogP contribution in [-0.2, 0) is 9.53 Å². The molecule has 16 heavy (non-hydrogen) atoms. The molecular formula is C11H21NO4. The lowest BCUT2D eigenvalue weighted by Crippen LogP contribution is -2.48. The average molecular weight is 231 g/mol. The van der Waals surface area contributed by atoms with E-state index in [2.05, 4.69) is 0 Å². The SMILES string of the molecule is CC(C)(C)OC(O)N1CCCC(C(=O)O)C1. The highest BCUT2D eigenvalue weighted by Gasteiger charge is 2.30. The molecule has 0 aromatic rings. The first-order valence-corrected chi connectivity index (χ1v) is 5.62. The third-order valence-electron chi connectivity index (χ3n) is 2.57. The van der Waals surface area contributed by atoms with Crippen molar-refractivity contribution in [3.63, 3.8) is 0 Å². The quantitative estimate of drug-likeness (QED) is 0.705. The number of ether oxygens (including phenoxy) is 1. The second-order valence-electron chi connectivity index (χ2n) is 5.23. The van der Waals surface area contributed by atoms with Crippen LogP contribution in [0.1, 0.15) is 33.6 Å². The molecule has 1 heterocycles. The molecule has 0 saturated carbocycles. The molecule has 1 saturated heterocycles. The number of aliphatic hydroxyl groups is 1. The number of carbonyl (C=O) groups is 1. The Bertz CT molecular complexity index is 249.